The lowest BCUT2D eigenvalue weighted by molar-refractivity contribution is 0.0230. The summed E-state index contributed by atoms with van der Waals surface area (Å²) in [4.78, 5) is 31.6. The van der Waals surface area contributed by atoms with E-state index in [0.29, 0.717) is 76.8 Å². The maximum absolute atomic E-state index is 14.8. The van der Waals surface area contributed by atoms with Gasteiger partial charge in [-0.3, -0.25) is 0 Å². The molecule has 0 spiro atoms. The van der Waals surface area contributed by atoms with Gasteiger partial charge in [0.1, 0.15) is 34.5 Å². The Labute approximate surface area is 361 Å². The summed E-state index contributed by atoms with van der Waals surface area (Å²) in [6.07, 6.45) is -0.707. The fourth-order valence-corrected chi connectivity index (χ4v) is 6.92. The second-order valence-corrected chi connectivity index (χ2v) is 16.6. The highest BCUT2D eigenvalue weighted by Gasteiger charge is 2.30. The van der Waals surface area contributed by atoms with Crippen LogP contribution in [-0.4, -0.2) is 94.0 Å². The number of nitrogens with two attached hydrogens (primary N) is 1. The normalized spacial score (nSPS) is 14.2. The van der Waals surface area contributed by atoms with E-state index in [1.54, 1.807) is 21.9 Å². The molecule has 3 radical (unpaired) electrons. The highest BCUT2D eigenvalue weighted by molar-refractivity contribution is 5.76. The number of rotatable bonds is 9. The van der Waals surface area contributed by atoms with Crippen molar-refractivity contribution in [3.63, 3.8) is 0 Å². The van der Waals surface area contributed by atoms with Gasteiger partial charge in [-0.25, -0.2) is 18.4 Å². The Hall–Kier alpha value is -6.01. The van der Waals surface area contributed by atoms with Gasteiger partial charge in [-0.05, 0) is 76.9 Å². The van der Waals surface area contributed by atoms with Crippen molar-refractivity contribution in [3.05, 3.63) is 119 Å². The number of nitrogens with one attached hydrogen (secondary N) is 2. The smallest absolute Gasteiger partial charge is 0.410 e. The molecule has 15 heteroatoms. The minimum Gasteiger partial charge on any atom is -0.444 e. The zero-order valence-electron chi connectivity index (χ0n) is 36.1. The Morgan fingerprint density at radius 1 is 0.639 bits per heavy atom. The lowest BCUT2D eigenvalue weighted by Crippen LogP contribution is -2.50. The summed E-state index contributed by atoms with van der Waals surface area (Å²) >= 11 is 0. The van der Waals surface area contributed by atoms with E-state index in [-0.39, 0.29) is 44.2 Å². The zero-order chi connectivity index (χ0) is 43.5. The van der Waals surface area contributed by atoms with Gasteiger partial charge in [-0.2, -0.15) is 5.26 Å². The molecule has 2 aliphatic heterocycles. The summed E-state index contributed by atoms with van der Waals surface area (Å²) in [7, 11) is 0. The molecule has 2 heterocycles. The third-order valence-electron chi connectivity index (χ3n) is 9.82. The maximum Gasteiger partial charge on any atom is 0.410 e. The van der Waals surface area contributed by atoms with Crippen LogP contribution in [0.25, 0.3) is 0 Å². The van der Waals surface area contributed by atoms with Crippen molar-refractivity contribution in [1.82, 2.24) is 9.80 Å². The molecule has 0 atom stereocenters. The van der Waals surface area contributed by atoms with E-state index >= 15 is 0 Å². The predicted molar refractivity (Wildman–Crippen MR) is 239 cm³/mol. The Balaban J connectivity index is 0.000000264. The average Bonchev–Trinajstić information content (AvgIpc) is 3.22. The van der Waals surface area contributed by atoms with Gasteiger partial charge in [0, 0.05) is 91.7 Å². The van der Waals surface area contributed by atoms with Crippen LogP contribution in [0.5, 0.6) is 0 Å². The van der Waals surface area contributed by atoms with Crippen LogP contribution in [0.4, 0.5) is 41.1 Å². The van der Waals surface area contributed by atoms with Gasteiger partial charge >= 0.3 is 12.2 Å². The first kappa shape index (κ1) is 47.7. The number of nitriles is 1. The standard InChI is InChI=1S/C23H31FN4O2.C23H27FN4O2.B/c2*1-23(2,3)30-22(29)28-13-11-27(12-14-28)21-18(15-25)20(10-9-19(21)24)26-16-17-7-5-4-6-8-17;/h4-10,26H,11-16,25H2,1-3H3;4-10,26H,11-14,16H2,1-3H3;. The summed E-state index contributed by atoms with van der Waals surface area (Å²) in [5.74, 6) is -0.742. The lowest BCUT2D eigenvalue weighted by Gasteiger charge is -2.38. The molecular weight excluding hydrogens is 777 g/mol. The minimum atomic E-state index is -0.562. The molecule has 0 saturated carbocycles. The monoisotopic (exact) mass is 835 g/mol. The van der Waals surface area contributed by atoms with Gasteiger partial charge < -0.3 is 45.4 Å². The number of piperazine rings is 2. The Bertz CT molecular complexity index is 2090. The number of amides is 2. The molecule has 4 N–H and O–H groups in total. The Kier molecular flexibility index (Phi) is 16.8. The van der Waals surface area contributed by atoms with Gasteiger partial charge in [-0.15, -0.1) is 0 Å². The molecule has 2 saturated heterocycles. The van der Waals surface area contributed by atoms with Gasteiger partial charge in [0.15, 0.2) is 0 Å². The molecule has 12 nitrogen and oxygen atoms in total. The first-order chi connectivity index (χ1) is 28.6. The topological polar surface area (TPSA) is 139 Å². The van der Waals surface area contributed by atoms with Crippen molar-refractivity contribution in [2.24, 2.45) is 5.73 Å². The summed E-state index contributed by atoms with van der Waals surface area (Å²) in [6.45, 7) is 16.0. The molecule has 0 aliphatic carbocycles. The number of benzene rings is 4. The van der Waals surface area contributed by atoms with Gasteiger partial charge in [-0.1, -0.05) is 60.7 Å². The van der Waals surface area contributed by atoms with E-state index < -0.39 is 17.0 Å². The summed E-state index contributed by atoms with van der Waals surface area (Å²) in [5, 5.41) is 16.4. The average molecular weight is 836 g/mol. The Morgan fingerprint density at radius 2 is 1.03 bits per heavy atom. The molecule has 0 aromatic heterocycles. The van der Waals surface area contributed by atoms with Crippen LogP contribution in [0, 0.1) is 23.0 Å². The van der Waals surface area contributed by atoms with Crippen LogP contribution in [-0.2, 0) is 29.1 Å². The fraction of sp³-hybridized carbons (Fsp3) is 0.413. The van der Waals surface area contributed by atoms with Crippen molar-refractivity contribution in [2.75, 3.05) is 72.8 Å². The fourth-order valence-electron chi connectivity index (χ4n) is 6.92. The molecule has 4 aromatic carbocycles. The van der Waals surface area contributed by atoms with Gasteiger partial charge in [0.25, 0.3) is 0 Å². The SMILES string of the molecule is CC(C)(C)OC(=O)N1CCN(c2c(F)ccc(NCc3ccccc3)c2C#N)CC1.CC(C)(C)OC(=O)N1CCN(c2c(F)ccc(NCc3ccccc3)c2CN)CC1.[B]. The third kappa shape index (κ3) is 13.5. The summed E-state index contributed by atoms with van der Waals surface area (Å²) in [6, 6.07) is 28.2. The van der Waals surface area contributed by atoms with Crippen molar-refractivity contribution in [2.45, 2.75) is 72.4 Å². The molecule has 2 fully saturated rings. The first-order valence-electron chi connectivity index (χ1n) is 20.3. The van der Waals surface area contributed by atoms with Crippen LogP contribution < -0.4 is 26.2 Å². The second-order valence-electron chi connectivity index (χ2n) is 16.6. The lowest BCUT2D eigenvalue weighted by atomic mass is 10.1. The molecule has 0 unspecified atom stereocenters. The van der Waals surface area contributed by atoms with E-state index in [0.717, 1.165) is 22.4 Å². The van der Waals surface area contributed by atoms with Crippen LogP contribution in [0.1, 0.15) is 63.8 Å². The highest BCUT2D eigenvalue weighted by atomic mass is 19.1. The molecule has 323 valence electrons. The minimum absolute atomic E-state index is 0. The molecule has 2 amide bonds. The molecular formula is C46H58BF2N8O4. The zero-order valence-corrected chi connectivity index (χ0v) is 36.1. The maximum atomic E-state index is 14.8. The number of halogens is 2. The van der Waals surface area contributed by atoms with Crippen molar-refractivity contribution in [3.8, 4) is 6.07 Å². The number of ether oxygens (including phenoxy) is 2. The van der Waals surface area contributed by atoms with Crippen LogP contribution in [0.15, 0.2) is 84.9 Å². The van der Waals surface area contributed by atoms with Crippen LogP contribution in [0.2, 0.25) is 0 Å². The first-order valence-corrected chi connectivity index (χ1v) is 20.3. The van der Waals surface area contributed by atoms with E-state index in [2.05, 4.69) is 16.7 Å². The van der Waals surface area contributed by atoms with E-state index in [1.165, 1.54) is 12.1 Å². The third-order valence-corrected chi connectivity index (χ3v) is 9.82. The number of carbonyl (C=O) groups excluding carboxylic acids is 2. The quantitative estimate of drug-likeness (QED) is 0.143. The molecule has 2 aliphatic rings. The number of nitrogens with zero attached hydrogens (tertiary/aromatic N) is 5. The number of carbonyl (C=O) groups is 2. The largest absolute Gasteiger partial charge is 0.444 e. The molecule has 6 rings (SSSR count). The molecule has 4 aromatic rings. The molecule has 61 heavy (non-hydrogen) atoms. The van der Waals surface area contributed by atoms with E-state index in [1.807, 2.05) is 112 Å². The second kappa shape index (κ2) is 21.5. The predicted octanol–water partition coefficient (Wildman–Crippen LogP) is 7.94. The number of hydrogen-bond acceptors (Lipinski definition) is 10. The Morgan fingerprint density at radius 3 is 1.44 bits per heavy atom. The number of anilines is 4. The molecule has 0 bridgehead atoms. The number of hydrogen-bond donors (Lipinski definition) is 3. The van der Waals surface area contributed by atoms with Gasteiger partial charge in [0.2, 0.25) is 0 Å². The summed E-state index contributed by atoms with van der Waals surface area (Å²) < 4.78 is 40.4. The highest BCUT2D eigenvalue weighted by Crippen LogP contribution is 2.33. The van der Waals surface area contributed by atoms with E-state index in [4.69, 9.17) is 15.2 Å². The van der Waals surface area contributed by atoms with Gasteiger partial charge in [0.05, 0.1) is 17.1 Å². The van der Waals surface area contributed by atoms with Crippen LogP contribution >= 0.6 is 0 Å². The van der Waals surface area contributed by atoms with Crippen molar-refractivity contribution in [1.29, 1.82) is 5.26 Å². The summed E-state index contributed by atoms with van der Waals surface area (Å²) in [5.41, 5.74) is 10.4. The van der Waals surface area contributed by atoms with Crippen LogP contribution in [0.3, 0.4) is 0 Å². The van der Waals surface area contributed by atoms with Crippen molar-refractivity contribution < 1.29 is 27.8 Å². The van der Waals surface area contributed by atoms with E-state index in [9.17, 15) is 23.6 Å². The van der Waals surface area contributed by atoms with Crippen molar-refractivity contribution >= 4 is 43.3 Å².